The maximum Gasteiger partial charge on any atom is 0.323 e. The first-order valence-corrected chi connectivity index (χ1v) is 9.40. The number of ether oxygens (including phenoxy) is 1. The molecule has 0 unspecified atom stereocenters. The Morgan fingerprint density at radius 1 is 1.38 bits per heavy atom. The highest BCUT2D eigenvalue weighted by Gasteiger charge is 2.24. The summed E-state index contributed by atoms with van der Waals surface area (Å²) in [7, 11) is 0. The van der Waals surface area contributed by atoms with Crippen LogP contribution < -0.4 is 10.1 Å². The number of benzene rings is 1. The van der Waals surface area contributed by atoms with Crippen LogP contribution in [0.15, 0.2) is 29.6 Å². The minimum atomic E-state index is -0.949. The molecule has 0 saturated carbocycles. The Balaban J connectivity index is 1.47. The predicted molar refractivity (Wildman–Crippen MR) is 99.1 cm³/mol. The highest BCUT2D eigenvalue weighted by Crippen LogP contribution is 2.23. The van der Waals surface area contributed by atoms with Gasteiger partial charge in [-0.25, -0.2) is 9.78 Å². The van der Waals surface area contributed by atoms with Gasteiger partial charge in [-0.05, 0) is 18.2 Å². The van der Waals surface area contributed by atoms with Crippen LogP contribution in [0.1, 0.15) is 18.5 Å². The van der Waals surface area contributed by atoms with E-state index < -0.39 is 5.97 Å². The number of hydrogen-bond acceptors (Lipinski definition) is 5. The van der Waals surface area contributed by atoms with E-state index in [9.17, 15) is 9.59 Å². The Bertz CT molecular complexity index is 790. The first-order chi connectivity index (χ1) is 12.5. The Hall–Kier alpha value is -2.32. The number of carbonyl (C=O) groups excluding carboxylic acids is 1. The van der Waals surface area contributed by atoms with Gasteiger partial charge in [0, 0.05) is 36.3 Å². The lowest BCUT2D eigenvalue weighted by molar-refractivity contribution is -0.136. The van der Waals surface area contributed by atoms with Crippen LogP contribution in [0.25, 0.3) is 0 Å². The number of carboxylic acids is 1. The number of amides is 2. The maximum atomic E-state index is 12.3. The molecule has 1 fully saturated rings. The van der Waals surface area contributed by atoms with Gasteiger partial charge in [-0.1, -0.05) is 17.7 Å². The zero-order chi connectivity index (χ0) is 18.5. The van der Waals surface area contributed by atoms with Crippen molar-refractivity contribution in [2.24, 2.45) is 0 Å². The molecular weight excluding hydrogens is 378 g/mol. The molecule has 2 N–H and O–H groups in total. The molecule has 0 radical (unpaired) electrons. The van der Waals surface area contributed by atoms with Gasteiger partial charge in [-0.3, -0.25) is 10.1 Å². The molecule has 0 spiro atoms. The largest absolute Gasteiger partial charge is 0.490 e. The van der Waals surface area contributed by atoms with Gasteiger partial charge in [-0.2, -0.15) is 0 Å². The van der Waals surface area contributed by atoms with Crippen molar-refractivity contribution in [1.29, 1.82) is 0 Å². The molecule has 1 aromatic carbocycles. The summed E-state index contributed by atoms with van der Waals surface area (Å²) in [5.41, 5.74) is 0.437. The molecule has 1 aromatic heterocycles. The number of piperidine rings is 1. The zero-order valence-electron chi connectivity index (χ0n) is 13.9. The molecule has 1 saturated heterocycles. The van der Waals surface area contributed by atoms with E-state index in [4.69, 9.17) is 21.4 Å². The van der Waals surface area contributed by atoms with Crippen molar-refractivity contribution in [3.05, 3.63) is 40.4 Å². The molecule has 2 aromatic rings. The van der Waals surface area contributed by atoms with E-state index in [1.54, 1.807) is 22.4 Å². The van der Waals surface area contributed by atoms with Crippen LogP contribution in [0.4, 0.5) is 9.93 Å². The molecule has 7 nitrogen and oxygen atoms in total. The van der Waals surface area contributed by atoms with Crippen molar-refractivity contribution in [2.45, 2.75) is 25.4 Å². The van der Waals surface area contributed by atoms with Gasteiger partial charge in [0.05, 0.1) is 12.1 Å². The summed E-state index contributed by atoms with van der Waals surface area (Å²) >= 11 is 7.17. The molecule has 2 heterocycles. The molecular formula is C17H18ClN3O4S. The lowest BCUT2D eigenvalue weighted by atomic mass is 10.1. The lowest BCUT2D eigenvalue weighted by Gasteiger charge is -2.32. The highest BCUT2D eigenvalue weighted by molar-refractivity contribution is 7.13. The first-order valence-electron chi connectivity index (χ1n) is 8.14. The highest BCUT2D eigenvalue weighted by atomic mass is 35.5. The van der Waals surface area contributed by atoms with Crippen LogP contribution >= 0.6 is 22.9 Å². The number of carboxylic acid groups (broad SMARTS) is 1. The van der Waals surface area contributed by atoms with E-state index in [0.29, 0.717) is 28.9 Å². The summed E-state index contributed by atoms with van der Waals surface area (Å²) in [5, 5.41) is 14.1. The van der Waals surface area contributed by atoms with Crippen LogP contribution in [0.5, 0.6) is 5.75 Å². The van der Waals surface area contributed by atoms with Crippen molar-refractivity contribution >= 4 is 40.1 Å². The number of likely N-dealkylation sites (tertiary alicyclic amines) is 1. The van der Waals surface area contributed by atoms with Gasteiger partial charge in [0.25, 0.3) is 0 Å². The fourth-order valence-corrected chi connectivity index (χ4v) is 3.56. The molecule has 9 heteroatoms. The summed E-state index contributed by atoms with van der Waals surface area (Å²) in [5.74, 6) is -0.218. The van der Waals surface area contributed by atoms with Gasteiger partial charge in [0.15, 0.2) is 5.13 Å². The second-order valence-electron chi connectivity index (χ2n) is 5.91. The normalized spacial score (nSPS) is 14.9. The Labute approximate surface area is 159 Å². The monoisotopic (exact) mass is 395 g/mol. The number of hydrogen-bond donors (Lipinski definition) is 2. The Morgan fingerprint density at radius 2 is 2.15 bits per heavy atom. The zero-order valence-corrected chi connectivity index (χ0v) is 15.4. The minimum Gasteiger partial charge on any atom is -0.490 e. The van der Waals surface area contributed by atoms with Crippen molar-refractivity contribution in [2.75, 3.05) is 18.4 Å². The Kier molecular flexibility index (Phi) is 5.95. The summed E-state index contributed by atoms with van der Waals surface area (Å²) in [6, 6.07) is 7.04. The second-order valence-corrected chi connectivity index (χ2v) is 7.20. The number of aliphatic carboxylic acids is 1. The molecule has 1 aliphatic heterocycles. The lowest BCUT2D eigenvalue weighted by Crippen LogP contribution is -2.43. The van der Waals surface area contributed by atoms with Crippen LogP contribution in [0.3, 0.4) is 0 Å². The van der Waals surface area contributed by atoms with E-state index in [2.05, 4.69) is 10.3 Å². The van der Waals surface area contributed by atoms with Gasteiger partial charge in [0.2, 0.25) is 0 Å². The van der Waals surface area contributed by atoms with Gasteiger partial charge < -0.3 is 14.7 Å². The maximum absolute atomic E-state index is 12.3. The topological polar surface area (TPSA) is 91.8 Å². The van der Waals surface area contributed by atoms with Crippen molar-refractivity contribution in [3.63, 3.8) is 0 Å². The van der Waals surface area contributed by atoms with Crippen molar-refractivity contribution in [3.8, 4) is 5.75 Å². The second kappa shape index (κ2) is 8.37. The molecule has 3 rings (SSSR count). The van der Waals surface area contributed by atoms with Gasteiger partial charge in [0.1, 0.15) is 11.9 Å². The molecule has 1 aliphatic rings. The SMILES string of the molecule is O=C(O)Cc1csc(NC(=O)N2CCC(Oc3cccc(Cl)c3)CC2)n1. The number of nitrogens with zero attached hydrogens (tertiary/aromatic N) is 2. The Morgan fingerprint density at radius 3 is 2.85 bits per heavy atom. The number of thiazole rings is 1. The summed E-state index contributed by atoms with van der Waals surface area (Å²) < 4.78 is 5.91. The summed E-state index contributed by atoms with van der Waals surface area (Å²) in [4.78, 5) is 28.8. The molecule has 138 valence electrons. The first kappa shape index (κ1) is 18.5. The summed E-state index contributed by atoms with van der Waals surface area (Å²) in [6.45, 7) is 1.15. The van der Waals surface area contributed by atoms with Crippen LogP contribution in [-0.4, -0.2) is 46.2 Å². The van der Waals surface area contributed by atoms with E-state index in [0.717, 1.165) is 18.6 Å². The van der Waals surface area contributed by atoms with Crippen LogP contribution in [-0.2, 0) is 11.2 Å². The molecule has 26 heavy (non-hydrogen) atoms. The number of nitrogens with one attached hydrogen (secondary N) is 1. The van der Waals surface area contributed by atoms with E-state index in [-0.39, 0.29) is 18.6 Å². The standard InChI is InChI=1S/C17H18ClN3O4S/c18-11-2-1-3-14(8-11)25-13-4-6-21(7-5-13)17(24)20-16-19-12(10-26-16)9-15(22)23/h1-3,8,10,13H,4-7,9H2,(H,22,23)(H,19,20,24). The van der Waals surface area contributed by atoms with Crippen LogP contribution in [0.2, 0.25) is 5.02 Å². The third kappa shape index (κ3) is 5.09. The third-order valence-corrected chi connectivity index (χ3v) is 4.97. The van der Waals surface area contributed by atoms with Crippen LogP contribution in [0, 0.1) is 0 Å². The van der Waals surface area contributed by atoms with Gasteiger partial charge >= 0.3 is 12.0 Å². The number of carbonyl (C=O) groups is 2. The third-order valence-electron chi connectivity index (χ3n) is 3.93. The molecule has 0 aliphatic carbocycles. The number of anilines is 1. The average Bonchev–Trinajstić information content (AvgIpc) is 3.01. The van der Waals surface area contributed by atoms with Crippen molar-refractivity contribution in [1.82, 2.24) is 9.88 Å². The molecule has 2 amide bonds. The quantitative estimate of drug-likeness (QED) is 0.808. The fourth-order valence-electron chi connectivity index (χ4n) is 2.68. The van der Waals surface area contributed by atoms with E-state index >= 15 is 0 Å². The predicted octanol–water partition coefficient (Wildman–Crippen LogP) is 3.50. The van der Waals surface area contributed by atoms with Crippen molar-refractivity contribution < 1.29 is 19.4 Å². The van der Waals surface area contributed by atoms with E-state index in [1.165, 1.54) is 11.3 Å². The minimum absolute atomic E-state index is 0.0412. The number of halogens is 1. The fraction of sp³-hybridized carbons (Fsp3) is 0.353. The van der Waals surface area contributed by atoms with E-state index in [1.807, 2.05) is 12.1 Å². The smallest absolute Gasteiger partial charge is 0.323 e. The summed E-state index contributed by atoms with van der Waals surface area (Å²) in [6.07, 6.45) is 1.34. The number of rotatable bonds is 5. The van der Waals surface area contributed by atoms with Gasteiger partial charge in [-0.15, -0.1) is 11.3 Å². The number of aromatic nitrogens is 1. The number of urea groups is 1. The molecule has 0 bridgehead atoms. The average molecular weight is 396 g/mol. The molecule has 0 atom stereocenters.